The van der Waals surface area contributed by atoms with Gasteiger partial charge in [0.25, 0.3) is 0 Å². The van der Waals surface area contributed by atoms with Crippen molar-refractivity contribution in [3.63, 3.8) is 0 Å². The summed E-state index contributed by atoms with van der Waals surface area (Å²) >= 11 is 7.92. The molecule has 1 aliphatic rings. The molecule has 134 valence electrons. The van der Waals surface area contributed by atoms with Gasteiger partial charge in [-0.3, -0.25) is 9.69 Å². The van der Waals surface area contributed by atoms with E-state index in [9.17, 15) is 9.18 Å². The van der Waals surface area contributed by atoms with Gasteiger partial charge in [0.1, 0.15) is 5.82 Å². The molecule has 1 fully saturated rings. The summed E-state index contributed by atoms with van der Waals surface area (Å²) in [7, 11) is 0. The van der Waals surface area contributed by atoms with Gasteiger partial charge in [0.15, 0.2) is 0 Å². The molecule has 3 rings (SSSR count). The molecule has 0 saturated carbocycles. The first-order chi connectivity index (χ1) is 12.1. The summed E-state index contributed by atoms with van der Waals surface area (Å²) in [5.41, 5.74) is 0.490. The van der Waals surface area contributed by atoms with Crippen LogP contribution in [0.5, 0.6) is 0 Å². The molecule has 1 aromatic carbocycles. The fourth-order valence-electron chi connectivity index (χ4n) is 3.29. The minimum Gasteiger partial charge on any atom is -0.354 e. The lowest BCUT2D eigenvalue weighted by Gasteiger charge is -2.29. The number of amides is 1. The number of halogens is 2. The van der Waals surface area contributed by atoms with Gasteiger partial charge < -0.3 is 5.32 Å². The van der Waals surface area contributed by atoms with E-state index in [2.05, 4.69) is 10.2 Å². The SMILES string of the molecule is O=C(CCc1cccs1)NCC(c1c(F)cccc1Cl)N1CCCC1. The third-order valence-electron chi connectivity index (χ3n) is 4.59. The number of carbonyl (C=O) groups is 1. The van der Waals surface area contributed by atoms with Gasteiger partial charge in [-0.25, -0.2) is 4.39 Å². The zero-order valence-corrected chi connectivity index (χ0v) is 15.6. The van der Waals surface area contributed by atoms with Crippen molar-refractivity contribution in [1.29, 1.82) is 0 Å². The van der Waals surface area contributed by atoms with Crippen molar-refractivity contribution in [3.05, 3.63) is 57.0 Å². The molecule has 6 heteroatoms. The van der Waals surface area contributed by atoms with Crippen LogP contribution in [-0.2, 0) is 11.2 Å². The van der Waals surface area contributed by atoms with E-state index in [1.165, 1.54) is 10.9 Å². The highest BCUT2D eigenvalue weighted by Gasteiger charge is 2.28. The van der Waals surface area contributed by atoms with E-state index >= 15 is 0 Å². The molecule has 25 heavy (non-hydrogen) atoms. The molecule has 1 atom stereocenters. The van der Waals surface area contributed by atoms with Gasteiger partial charge in [-0.05, 0) is 55.9 Å². The Hall–Kier alpha value is -1.43. The van der Waals surface area contributed by atoms with Crippen molar-refractivity contribution in [1.82, 2.24) is 10.2 Å². The molecule has 2 heterocycles. The van der Waals surface area contributed by atoms with Crippen LogP contribution in [0.3, 0.4) is 0 Å². The van der Waals surface area contributed by atoms with E-state index in [1.807, 2.05) is 17.5 Å². The molecule has 2 aromatic rings. The summed E-state index contributed by atoms with van der Waals surface area (Å²) in [5.74, 6) is -0.317. The minimum absolute atomic E-state index is 0.00920. The number of likely N-dealkylation sites (tertiary alicyclic amines) is 1. The second-order valence-electron chi connectivity index (χ2n) is 6.28. The molecule has 0 radical (unpaired) electrons. The van der Waals surface area contributed by atoms with Crippen LogP contribution >= 0.6 is 22.9 Å². The topological polar surface area (TPSA) is 32.3 Å². The number of hydrogen-bond donors (Lipinski definition) is 1. The van der Waals surface area contributed by atoms with Crippen molar-refractivity contribution in [3.8, 4) is 0 Å². The van der Waals surface area contributed by atoms with Crippen LogP contribution in [-0.4, -0.2) is 30.4 Å². The smallest absolute Gasteiger partial charge is 0.220 e. The maximum Gasteiger partial charge on any atom is 0.220 e. The fraction of sp³-hybridized carbons (Fsp3) is 0.421. The van der Waals surface area contributed by atoms with E-state index in [0.29, 0.717) is 23.6 Å². The second kappa shape index (κ2) is 8.79. The minimum atomic E-state index is -0.308. The van der Waals surface area contributed by atoms with Crippen molar-refractivity contribution in [2.75, 3.05) is 19.6 Å². The summed E-state index contributed by atoms with van der Waals surface area (Å²) in [4.78, 5) is 15.6. The normalized spacial score (nSPS) is 16.1. The first kappa shape index (κ1) is 18.4. The van der Waals surface area contributed by atoms with Crippen LogP contribution in [0.15, 0.2) is 35.7 Å². The van der Waals surface area contributed by atoms with Gasteiger partial charge in [0, 0.05) is 28.4 Å². The predicted octanol–water partition coefficient (Wildman–Crippen LogP) is 4.43. The largest absolute Gasteiger partial charge is 0.354 e. The molecule has 0 spiro atoms. The molecular formula is C19H22ClFN2OS. The Morgan fingerprint density at radius 2 is 2.08 bits per heavy atom. The van der Waals surface area contributed by atoms with Crippen LogP contribution in [0.1, 0.15) is 35.7 Å². The zero-order valence-electron chi connectivity index (χ0n) is 14.0. The molecule has 1 aromatic heterocycles. The van der Waals surface area contributed by atoms with E-state index in [4.69, 9.17) is 11.6 Å². The number of benzene rings is 1. The first-order valence-corrected chi connectivity index (χ1v) is 9.88. The second-order valence-corrected chi connectivity index (χ2v) is 7.72. The molecule has 1 amide bonds. The Kier molecular flexibility index (Phi) is 6.45. The van der Waals surface area contributed by atoms with Crippen molar-refractivity contribution in [2.45, 2.75) is 31.7 Å². The molecule has 1 aliphatic heterocycles. The van der Waals surface area contributed by atoms with Gasteiger partial charge in [0.2, 0.25) is 5.91 Å². The Balaban J connectivity index is 1.65. The Morgan fingerprint density at radius 3 is 2.76 bits per heavy atom. The number of hydrogen-bond acceptors (Lipinski definition) is 3. The third-order valence-corrected chi connectivity index (χ3v) is 5.85. The summed E-state index contributed by atoms with van der Waals surface area (Å²) in [6.07, 6.45) is 3.36. The quantitative estimate of drug-likeness (QED) is 0.770. The van der Waals surface area contributed by atoms with E-state index in [-0.39, 0.29) is 17.8 Å². The van der Waals surface area contributed by atoms with Gasteiger partial charge in [-0.15, -0.1) is 11.3 Å². The molecule has 1 saturated heterocycles. The number of nitrogens with one attached hydrogen (secondary N) is 1. The lowest BCUT2D eigenvalue weighted by molar-refractivity contribution is -0.121. The van der Waals surface area contributed by atoms with Gasteiger partial charge in [0.05, 0.1) is 6.04 Å². The van der Waals surface area contributed by atoms with Crippen LogP contribution in [0.4, 0.5) is 4.39 Å². The van der Waals surface area contributed by atoms with E-state index < -0.39 is 0 Å². The van der Waals surface area contributed by atoms with Crippen LogP contribution in [0.2, 0.25) is 5.02 Å². The highest BCUT2D eigenvalue weighted by molar-refractivity contribution is 7.09. The molecule has 1 N–H and O–H groups in total. The molecule has 1 unspecified atom stereocenters. The van der Waals surface area contributed by atoms with Gasteiger partial charge in [-0.1, -0.05) is 23.7 Å². The Labute approximate surface area is 156 Å². The van der Waals surface area contributed by atoms with Crippen molar-refractivity contribution >= 4 is 28.8 Å². The molecule has 3 nitrogen and oxygen atoms in total. The summed E-state index contributed by atoms with van der Waals surface area (Å²) in [6.45, 7) is 2.19. The Morgan fingerprint density at radius 1 is 1.28 bits per heavy atom. The molecular weight excluding hydrogens is 359 g/mol. The van der Waals surface area contributed by atoms with Crippen molar-refractivity contribution < 1.29 is 9.18 Å². The van der Waals surface area contributed by atoms with Gasteiger partial charge >= 0.3 is 0 Å². The average Bonchev–Trinajstić information content (AvgIpc) is 3.29. The zero-order chi connectivity index (χ0) is 17.6. The van der Waals surface area contributed by atoms with Gasteiger partial charge in [-0.2, -0.15) is 0 Å². The lowest BCUT2D eigenvalue weighted by Crippen LogP contribution is -2.37. The summed E-state index contributed by atoms with van der Waals surface area (Å²) < 4.78 is 14.4. The Bertz CT molecular complexity index is 681. The van der Waals surface area contributed by atoms with Crippen LogP contribution in [0, 0.1) is 5.82 Å². The van der Waals surface area contributed by atoms with E-state index in [0.717, 1.165) is 32.4 Å². The number of nitrogens with zero attached hydrogens (tertiary/aromatic N) is 1. The number of rotatable bonds is 7. The lowest BCUT2D eigenvalue weighted by atomic mass is 10.0. The maximum absolute atomic E-state index is 14.4. The fourth-order valence-corrected chi connectivity index (χ4v) is 4.28. The monoisotopic (exact) mass is 380 g/mol. The highest BCUT2D eigenvalue weighted by Crippen LogP contribution is 2.32. The van der Waals surface area contributed by atoms with Crippen molar-refractivity contribution in [2.24, 2.45) is 0 Å². The maximum atomic E-state index is 14.4. The highest BCUT2D eigenvalue weighted by atomic mass is 35.5. The number of aryl methyl sites for hydroxylation is 1. The number of carbonyl (C=O) groups excluding carboxylic acids is 1. The average molecular weight is 381 g/mol. The van der Waals surface area contributed by atoms with E-state index in [1.54, 1.807) is 23.5 Å². The molecule has 0 aliphatic carbocycles. The number of thiophene rings is 1. The third kappa shape index (κ3) is 4.81. The van der Waals surface area contributed by atoms with Crippen LogP contribution < -0.4 is 5.32 Å². The summed E-state index contributed by atoms with van der Waals surface area (Å²) in [5, 5.41) is 5.41. The van der Waals surface area contributed by atoms with Crippen LogP contribution in [0.25, 0.3) is 0 Å². The standard InChI is InChI=1S/C19H22ClFN2OS/c20-15-6-3-7-16(21)19(15)17(23-10-1-2-11-23)13-22-18(24)9-8-14-5-4-12-25-14/h3-7,12,17H,1-2,8-11,13H2,(H,22,24). The first-order valence-electron chi connectivity index (χ1n) is 8.62. The summed E-state index contributed by atoms with van der Waals surface area (Å²) in [6, 6.07) is 8.56. The molecule has 0 bridgehead atoms. The predicted molar refractivity (Wildman–Crippen MR) is 101 cm³/mol.